The fourth-order valence-electron chi connectivity index (χ4n) is 6.37. The summed E-state index contributed by atoms with van der Waals surface area (Å²) in [5, 5.41) is 0.822. The molecule has 0 heterocycles. The molecule has 4 rings (SSSR count). The monoisotopic (exact) mass is 450 g/mol. The standard InChI is InChI=1S/C31H43Cl/c1-2-3-24-4-6-25(7-5-24)8-9-26-12-18-29(19-13-26)30-20-14-27(15-21-30)10-11-28-16-22-31(32)23-17-28/h14-17,20-26,29H,2-13,18-19H2,1H3/t24-,25-,26?,29?. The highest BCUT2D eigenvalue weighted by atomic mass is 35.5. The van der Waals surface area contributed by atoms with Crippen molar-refractivity contribution in [2.75, 3.05) is 0 Å². The van der Waals surface area contributed by atoms with Crippen molar-refractivity contribution in [3.05, 3.63) is 70.2 Å². The fourth-order valence-corrected chi connectivity index (χ4v) is 6.50. The molecule has 2 aromatic carbocycles. The maximum atomic E-state index is 6.00. The molecular weight excluding hydrogens is 408 g/mol. The summed E-state index contributed by atoms with van der Waals surface area (Å²) in [4.78, 5) is 0. The summed E-state index contributed by atoms with van der Waals surface area (Å²) in [6.07, 6.45) is 19.8. The third-order valence-corrected chi connectivity index (χ3v) is 8.81. The molecule has 2 aromatic rings. The van der Waals surface area contributed by atoms with E-state index in [1.54, 1.807) is 5.56 Å². The molecule has 0 aromatic heterocycles. The van der Waals surface area contributed by atoms with Crippen molar-refractivity contribution in [2.45, 2.75) is 103 Å². The van der Waals surface area contributed by atoms with Gasteiger partial charge in [0.15, 0.2) is 0 Å². The van der Waals surface area contributed by atoms with Crippen LogP contribution in [-0.2, 0) is 12.8 Å². The molecule has 0 spiro atoms. The molecule has 0 nitrogen and oxygen atoms in total. The van der Waals surface area contributed by atoms with Gasteiger partial charge >= 0.3 is 0 Å². The highest BCUT2D eigenvalue weighted by molar-refractivity contribution is 6.30. The van der Waals surface area contributed by atoms with Crippen LogP contribution in [0.3, 0.4) is 0 Å². The summed E-state index contributed by atoms with van der Waals surface area (Å²) in [5.41, 5.74) is 4.39. The average molecular weight is 451 g/mol. The van der Waals surface area contributed by atoms with E-state index in [9.17, 15) is 0 Å². The predicted octanol–water partition coefficient (Wildman–Crippen LogP) is 9.79. The summed E-state index contributed by atoms with van der Waals surface area (Å²) < 4.78 is 0. The van der Waals surface area contributed by atoms with Crippen LogP contribution in [0.4, 0.5) is 0 Å². The Morgan fingerprint density at radius 2 is 1.03 bits per heavy atom. The minimum Gasteiger partial charge on any atom is -0.0843 e. The van der Waals surface area contributed by atoms with Gasteiger partial charge in [-0.2, -0.15) is 0 Å². The van der Waals surface area contributed by atoms with Gasteiger partial charge in [0.25, 0.3) is 0 Å². The number of hydrogen-bond donors (Lipinski definition) is 0. The van der Waals surface area contributed by atoms with E-state index in [0.717, 1.165) is 41.5 Å². The SMILES string of the molecule is CCC[C@H]1CC[C@H](CCC2CCC(c3ccc(CCc4ccc(Cl)cc4)cc3)CC2)CC1. The largest absolute Gasteiger partial charge is 0.0843 e. The summed E-state index contributed by atoms with van der Waals surface area (Å²) in [6, 6.07) is 17.8. The molecule has 0 aliphatic heterocycles. The second-order valence-electron chi connectivity index (χ2n) is 10.8. The molecule has 0 atom stereocenters. The minimum atomic E-state index is 0.793. The first-order valence-electron chi connectivity index (χ1n) is 13.5. The molecule has 0 radical (unpaired) electrons. The molecule has 2 aliphatic carbocycles. The van der Waals surface area contributed by atoms with Crippen molar-refractivity contribution < 1.29 is 0 Å². The first-order valence-corrected chi connectivity index (χ1v) is 13.9. The zero-order valence-corrected chi connectivity index (χ0v) is 21.0. The minimum absolute atomic E-state index is 0.793. The van der Waals surface area contributed by atoms with Crippen molar-refractivity contribution in [1.29, 1.82) is 0 Å². The first-order chi connectivity index (χ1) is 15.7. The second kappa shape index (κ2) is 12.3. The zero-order valence-electron chi connectivity index (χ0n) is 20.2. The number of rotatable bonds is 9. The van der Waals surface area contributed by atoms with Crippen molar-refractivity contribution >= 4 is 11.6 Å². The van der Waals surface area contributed by atoms with Gasteiger partial charge in [-0.1, -0.05) is 106 Å². The Balaban J connectivity index is 1.15. The van der Waals surface area contributed by atoms with Crippen molar-refractivity contribution in [3.63, 3.8) is 0 Å². The van der Waals surface area contributed by atoms with Gasteiger partial charge in [0.2, 0.25) is 0 Å². The normalized spacial score (nSPS) is 26.2. The molecule has 0 bridgehead atoms. The van der Waals surface area contributed by atoms with Crippen LogP contribution in [-0.4, -0.2) is 0 Å². The molecule has 0 unspecified atom stereocenters. The van der Waals surface area contributed by atoms with E-state index in [1.165, 1.54) is 88.2 Å². The van der Waals surface area contributed by atoms with Crippen LogP contribution < -0.4 is 0 Å². The van der Waals surface area contributed by atoms with E-state index in [-0.39, 0.29) is 0 Å². The molecule has 2 aliphatic rings. The van der Waals surface area contributed by atoms with Gasteiger partial charge in [-0.3, -0.25) is 0 Å². The molecule has 0 amide bonds. The van der Waals surface area contributed by atoms with Gasteiger partial charge < -0.3 is 0 Å². The number of hydrogen-bond acceptors (Lipinski definition) is 0. The van der Waals surface area contributed by atoms with Crippen LogP contribution in [0.5, 0.6) is 0 Å². The maximum absolute atomic E-state index is 6.00. The first kappa shape index (κ1) is 23.9. The number of halogens is 1. The van der Waals surface area contributed by atoms with Gasteiger partial charge in [-0.25, -0.2) is 0 Å². The third kappa shape index (κ3) is 7.11. The Morgan fingerprint density at radius 3 is 1.53 bits per heavy atom. The van der Waals surface area contributed by atoms with Gasteiger partial charge in [0, 0.05) is 5.02 Å². The third-order valence-electron chi connectivity index (χ3n) is 8.56. The van der Waals surface area contributed by atoms with E-state index >= 15 is 0 Å². The van der Waals surface area contributed by atoms with Gasteiger partial charge in [-0.05, 0) is 91.0 Å². The van der Waals surface area contributed by atoms with E-state index in [2.05, 4.69) is 43.3 Å². The maximum Gasteiger partial charge on any atom is 0.0406 e. The Kier molecular flexibility index (Phi) is 9.15. The zero-order chi connectivity index (χ0) is 22.2. The topological polar surface area (TPSA) is 0 Å². The Hall–Kier alpha value is -1.27. The summed E-state index contributed by atoms with van der Waals surface area (Å²) in [6.45, 7) is 2.35. The number of benzene rings is 2. The average Bonchev–Trinajstić information content (AvgIpc) is 2.84. The van der Waals surface area contributed by atoms with E-state index in [4.69, 9.17) is 11.6 Å². The lowest BCUT2D eigenvalue weighted by Gasteiger charge is -2.32. The summed E-state index contributed by atoms with van der Waals surface area (Å²) >= 11 is 6.00. The molecule has 2 saturated carbocycles. The highest BCUT2D eigenvalue weighted by Gasteiger charge is 2.25. The molecule has 0 N–H and O–H groups in total. The van der Waals surface area contributed by atoms with Crippen molar-refractivity contribution in [3.8, 4) is 0 Å². The van der Waals surface area contributed by atoms with Crippen molar-refractivity contribution in [2.24, 2.45) is 17.8 Å². The summed E-state index contributed by atoms with van der Waals surface area (Å²) in [7, 11) is 0. The predicted molar refractivity (Wildman–Crippen MR) is 140 cm³/mol. The van der Waals surface area contributed by atoms with Gasteiger partial charge in [0.05, 0.1) is 0 Å². The quantitative estimate of drug-likeness (QED) is 0.356. The van der Waals surface area contributed by atoms with Gasteiger partial charge in [-0.15, -0.1) is 0 Å². The van der Waals surface area contributed by atoms with Crippen LogP contribution in [0.15, 0.2) is 48.5 Å². The van der Waals surface area contributed by atoms with Crippen LogP contribution in [0, 0.1) is 17.8 Å². The van der Waals surface area contributed by atoms with E-state index < -0.39 is 0 Å². The molecule has 174 valence electrons. The van der Waals surface area contributed by atoms with E-state index in [1.807, 2.05) is 12.1 Å². The molecule has 32 heavy (non-hydrogen) atoms. The van der Waals surface area contributed by atoms with Crippen LogP contribution in [0.1, 0.15) is 107 Å². The fraction of sp³-hybridized carbons (Fsp3) is 0.613. The van der Waals surface area contributed by atoms with Crippen LogP contribution in [0.25, 0.3) is 0 Å². The van der Waals surface area contributed by atoms with Crippen LogP contribution in [0.2, 0.25) is 5.02 Å². The smallest absolute Gasteiger partial charge is 0.0406 e. The molecule has 1 heteroatoms. The lowest BCUT2D eigenvalue weighted by Crippen LogP contribution is -2.17. The molecular formula is C31H43Cl. The number of aryl methyl sites for hydroxylation is 2. The van der Waals surface area contributed by atoms with E-state index in [0.29, 0.717) is 0 Å². The lowest BCUT2D eigenvalue weighted by atomic mass is 9.74. The van der Waals surface area contributed by atoms with Crippen molar-refractivity contribution in [1.82, 2.24) is 0 Å². The molecule has 2 fully saturated rings. The van der Waals surface area contributed by atoms with Crippen LogP contribution >= 0.6 is 11.6 Å². The second-order valence-corrected chi connectivity index (χ2v) is 11.3. The van der Waals surface area contributed by atoms with Gasteiger partial charge in [0.1, 0.15) is 0 Å². The summed E-state index contributed by atoms with van der Waals surface area (Å²) in [5.74, 6) is 3.89. The molecule has 0 saturated heterocycles. The Bertz CT molecular complexity index is 774. The highest BCUT2D eigenvalue weighted by Crippen LogP contribution is 2.40. The lowest BCUT2D eigenvalue weighted by molar-refractivity contribution is 0.224. The Morgan fingerprint density at radius 1 is 0.594 bits per heavy atom. The Labute approximate surface area is 202 Å².